The van der Waals surface area contributed by atoms with Gasteiger partial charge in [0.1, 0.15) is 5.75 Å². The van der Waals surface area contributed by atoms with Crippen LogP contribution in [-0.4, -0.2) is 21.4 Å². The van der Waals surface area contributed by atoms with E-state index >= 15 is 0 Å². The van der Waals surface area contributed by atoms with Gasteiger partial charge in [0.2, 0.25) is 0 Å². The van der Waals surface area contributed by atoms with Crippen molar-refractivity contribution in [1.29, 1.82) is 0 Å². The summed E-state index contributed by atoms with van der Waals surface area (Å²) in [4.78, 5) is 19.9. The minimum absolute atomic E-state index is 0.171. The predicted molar refractivity (Wildman–Crippen MR) is 100 cm³/mol. The standard InChI is InChI=1S/C18H24N2O4S/c1-17(2,3)11-7-10(8-12(14(11)21)18(4,5)6)9-13-15(22)19-16(25-13)20-24-23/h7-9,21,23H,1-6H3,(H,19,20,22)/b13-9-. The number of phenols is 1. The molecule has 1 aliphatic rings. The first-order valence-corrected chi connectivity index (χ1v) is 8.72. The number of benzene rings is 1. The molecule has 7 heteroatoms. The van der Waals surface area contributed by atoms with E-state index in [2.05, 4.69) is 15.5 Å². The molecule has 0 fully saturated rings. The van der Waals surface area contributed by atoms with Gasteiger partial charge in [-0.2, -0.15) is 4.99 Å². The number of hydrogen-bond acceptors (Lipinski definition) is 6. The van der Waals surface area contributed by atoms with E-state index in [-0.39, 0.29) is 16.0 Å². The Bertz CT molecular complexity index is 720. The van der Waals surface area contributed by atoms with Crippen LogP contribution >= 0.6 is 11.8 Å². The van der Waals surface area contributed by atoms with Crippen molar-refractivity contribution in [3.05, 3.63) is 33.7 Å². The van der Waals surface area contributed by atoms with Gasteiger partial charge in [-0.3, -0.25) is 4.79 Å². The summed E-state index contributed by atoms with van der Waals surface area (Å²) in [6.07, 6.45) is 1.73. The molecule has 1 aromatic rings. The number of amidine groups is 1. The summed E-state index contributed by atoms with van der Waals surface area (Å²) in [7, 11) is 0. The van der Waals surface area contributed by atoms with Gasteiger partial charge < -0.3 is 5.11 Å². The molecule has 0 atom stereocenters. The molecular weight excluding hydrogens is 340 g/mol. The van der Waals surface area contributed by atoms with E-state index < -0.39 is 5.91 Å². The van der Waals surface area contributed by atoms with Crippen molar-refractivity contribution in [2.45, 2.75) is 52.4 Å². The lowest BCUT2D eigenvalue weighted by molar-refractivity contribution is -0.272. The van der Waals surface area contributed by atoms with E-state index in [1.165, 1.54) is 0 Å². The molecule has 0 bridgehead atoms. The number of aromatic hydroxyl groups is 1. The molecule has 0 spiro atoms. The van der Waals surface area contributed by atoms with Gasteiger partial charge in [0, 0.05) is 11.1 Å². The van der Waals surface area contributed by atoms with Crippen molar-refractivity contribution in [1.82, 2.24) is 5.48 Å². The maximum Gasteiger partial charge on any atom is 0.286 e. The Morgan fingerprint density at radius 1 is 1.12 bits per heavy atom. The van der Waals surface area contributed by atoms with Gasteiger partial charge in [-0.25, -0.2) is 10.7 Å². The molecule has 0 saturated carbocycles. The average Bonchev–Trinajstić information content (AvgIpc) is 2.78. The molecule has 0 aromatic heterocycles. The Kier molecular flexibility index (Phi) is 5.32. The molecule has 1 amide bonds. The number of nitrogens with zero attached hydrogens (tertiary/aromatic N) is 1. The molecule has 1 heterocycles. The van der Waals surface area contributed by atoms with Gasteiger partial charge in [0.05, 0.1) is 4.91 Å². The fourth-order valence-electron chi connectivity index (χ4n) is 2.53. The third-order valence-electron chi connectivity index (χ3n) is 3.80. The smallest absolute Gasteiger partial charge is 0.286 e. The highest BCUT2D eigenvalue weighted by molar-refractivity contribution is 8.18. The summed E-state index contributed by atoms with van der Waals surface area (Å²) in [6.45, 7) is 12.2. The van der Waals surface area contributed by atoms with Crippen molar-refractivity contribution >= 4 is 28.9 Å². The predicted octanol–water partition coefficient (Wildman–Crippen LogP) is 3.95. The number of hydrogen-bond donors (Lipinski definition) is 3. The first-order valence-electron chi connectivity index (χ1n) is 7.90. The largest absolute Gasteiger partial charge is 0.507 e. The molecule has 0 unspecified atom stereocenters. The fraction of sp³-hybridized carbons (Fsp3) is 0.444. The summed E-state index contributed by atoms with van der Waals surface area (Å²) < 4.78 is 0. The fourth-order valence-corrected chi connectivity index (χ4v) is 3.27. The second-order valence-corrected chi connectivity index (χ2v) is 9.02. The summed E-state index contributed by atoms with van der Waals surface area (Å²) in [5.41, 5.74) is 4.09. The molecule has 6 nitrogen and oxygen atoms in total. The molecular formula is C18H24N2O4S. The zero-order valence-corrected chi connectivity index (χ0v) is 16.1. The topological polar surface area (TPSA) is 91.1 Å². The van der Waals surface area contributed by atoms with Gasteiger partial charge in [-0.1, -0.05) is 41.5 Å². The lowest BCUT2D eigenvalue weighted by atomic mass is 9.78. The van der Waals surface area contributed by atoms with Gasteiger partial charge >= 0.3 is 0 Å². The zero-order valence-electron chi connectivity index (χ0n) is 15.3. The Labute approximate surface area is 151 Å². The number of aliphatic imine (C=N–C) groups is 1. The monoisotopic (exact) mass is 364 g/mol. The van der Waals surface area contributed by atoms with Crippen LogP contribution in [0.25, 0.3) is 6.08 Å². The van der Waals surface area contributed by atoms with Crippen molar-refractivity contribution in [3.8, 4) is 5.75 Å². The maximum atomic E-state index is 12.0. The highest BCUT2D eigenvalue weighted by Gasteiger charge is 2.27. The summed E-state index contributed by atoms with van der Waals surface area (Å²) >= 11 is 1.07. The van der Waals surface area contributed by atoms with Crippen LogP contribution in [0.15, 0.2) is 22.0 Å². The third-order valence-corrected chi connectivity index (χ3v) is 4.68. The number of amides is 1. The normalized spacial score (nSPS) is 17.2. The van der Waals surface area contributed by atoms with Crippen molar-refractivity contribution in [2.75, 3.05) is 0 Å². The Morgan fingerprint density at radius 3 is 2.08 bits per heavy atom. The van der Waals surface area contributed by atoms with Crippen LogP contribution in [0, 0.1) is 0 Å². The van der Waals surface area contributed by atoms with Crippen LogP contribution < -0.4 is 5.48 Å². The first-order chi connectivity index (χ1) is 11.4. The lowest BCUT2D eigenvalue weighted by Gasteiger charge is -2.28. The van der Waals surface area contributed by atoms with Crippen molar-refractivity contribution in [3.63, 3.8) is 0 Å². The van der Waals surface area contributed by atoms with E-state index in [4.69, 9.17) is 5.26 Å². The molecule has 0 saturated heterocycles. The third kappa shape index (κ3) is 4.42. The molecule has 0 radical (unpaired) electrons. The van der Waals surface area contributed by atoms with E-state index in [0.29, 0.717) is 10.7 Å². The highest BCUT2D eigenvalue weighted by atomic mass is 32.2. The molecule has 2 rings (SSSR count). The zero-order chi connectivity index (χ0) is 19.0. The van der Waals surface area contributed by atoms with Crippen LogP contribution in [0.3, 0.4) is 0 Å². The average molecular weight is 364 g/mol. The van der Waals surface area contributed by atoms with Crippen LogP contribution in [-0.2, 0) is 20.6 Å². The second kappa shape index (κ2) is 6.82. The molecule has 0 aliphatic carbocycles. The van der Waals surface area contributed by atoms with E-state index in [9.17, 15) is 9.90 Å². The van der Waals surface area contributed by atoms with E-state index in [0.717, 1.165) is 28.5 Å². The number of carbonyl (C=O) groups is 1. The number of rotatable bonds is 2. The van der Waals surface area contributed by atoms with Crippen molar-refractivity contribution in [2.24, 2.45) is 4.99 Å². The number of phenolic OH excluding ortho intramolecular Hbond substituents is 1. The maximum absolute atomic E-state index is 12.0. The van der Waals surface area contributed by atoms with Crippen LogP contribution in [0.2, 0.25) is 0 Å². The minimum atomic E-state index is -0.410. The Balaban J connectivity index is 2.53. The van der Waals surface area contributed by atoms with Gasteiger partial charge in [0.25, 0.3) is 5.91 Å². The van der Waals surface area contributed by atoms with Crippen LogP contribution in [0.1, 0.15) is 58.2 Å². The number of thioether (sulfide) groups is 1. The molecule has 136 valence electrons. The number of hydroxylamine groups is 1. The van der Waals surface area contributed by atoms with Crippen LogP contribution in [0.5, 0.6) is 5.75 Å². The number of nitrogens with one attached hydrogen (secondary N) is 1. The SMILES string of the molecule is CC(C)(C)c1cc(/C=C2\SC(NOO)=NC2=O)cc(C(C)(C)C)c1O. The van der Waals surface area contributed by atoms with Crippen LogP contribution in [0.4, 0.5) is 0 Å². The van der Waals surface area contributed by atoms with Gasteiger partial charge in [-0.15, -0.1) is 4.99 Å². The van der Waals surface area contributed by atoms with E-state index in [1.54, 1.807) is 6.08 Å². The minimum Gasteiger partial charge on any atom is -0.507 e. The lowest BCUT2D eigenvalue weighted by Crippen LogP contribution is -2.17. The van der Waals surface area contributed by atoms with Crippen molar-refractivity contribution < 1.29 is 20.1 Å². The Hall–Kier alpha value is -1.83. The summed E-state index contributed by atoms with van der Waals surface area (Å²) in [6, 6.07) is 3.78. The summed E-state index contributed by atoms with van der Waals surface area (Å²) in [5, 5.41) is 19.3. The van der Waals surface area contributed by atoms with E-state index in [1.807, 2.05) is 53.7 Å². The summed E-state index contributed by atoms with van der Waals surface area (Å²) in [5.74, 6) is -0.118. The van der Waals surface area contributed by atoms with Gasteiger partial charge in [-0.05, 0) is 46.4 Å². The quantitative estimate of drug-likeness (QED) is 0.418. The number of carbonyl (C=O) groups excluding carboxylic acids is 1. The molecule has 25 heavy (non-hydrogen) atoms. The van der Waals surface area contributed by atoms with Gasteiger partial charge in [0.15, 0.2) is 5.17 Å². The highest BCUT2D eigenvalue weighted by Crippen LogP contribution is 2.40. The molecule has 1 aliphatic heterocycles. The second-order valence-electron chi connectivity index (χ2n) is 7.99. The molecule has 1 aromatic carbocycles. The Morgan fingerprint density at radius 2 is 1.64 bits per heavy atom. The molecule has 3 N–H and O–H groups in total. The first kappa shape index (κ1) is 19.5.